The Kier molecular flexibility index (Phi) is 4.25. The van der Waals surface area contributed by atoms with Crippen LogP contribution in [0.5, 0.6) is 0 Å². The van der Waals surface area contributed by atoms with Gasteiger partial charge in [-0.15, -0.1) is 0 Å². The molecule has 1 aliphatic rings. The number of hydrogen-bond donors (Lipinski definition) is 0. The van der Waals surface area contributed by atoms with Crippen molar-refractivity contribution in [3.05, 3.63) is 52.7 Å². The molecule has 7 heteroatoms. The number of hydrogen-bond acceptors (Lipinski definition) is 4. The molecule has 2 aromatic rings. The average molecular weight is 341 g/mol. The van der Waals surface area contributed by atoms with Gasteiger partial charge in [-0.1, -0.05) is 23.7 Å². The number of sulfonamides is 1. The van der Waals surface area contributed by atoms with Gasteiger partial charge < -0.3 is 4.42 Å². The van der Waals surface area contributed by atoms with Crippen LogP contribution in [0, 0.1) is 0 Å². The number of aromatic nitrogens is 1. The third-order valence-electron chi connectivity index (χ3n) is 3.81. The highest BCUT2D eigenvalue weighted by atomic mass is 35.5. The molecule has 1 aromatic carbocycles. The molecular formula is C15H17ClN2O3S. The van der Waals surface area contributed by atoms with Gasteiger partial charge in [0.05, 0.1) is 18.4 Å². The minimum Gasteiger partial charge on any atom is -0.445 e. The zero-order valence-electron chi connectivity index (χ0n) is 12.2. The molecule has 1 aliphatic heterocycles. The van der Waals surface area contributed by atoms with E-state index in [1.54, 1.807) is 6.20 Å². The van der Waals surface area contributed by atoms with Crippen molar-refractivity contribution < 1.29 is 12.8 Å². The smallest absolute Gasteiger partial charge is 0.211 e. The Hall–Kier alpha value is -1.37. The van der Waals surface area contributed by atoms with Crippen molar-refractivity contribution in [3.63, 3.8) is 0 Å². The molecule has 22 heavy (non-hydrogen) atoms. The first-order valence-electron chi connectivity index (χ1n) is 7.06. The van der Waals surface area contributed by atoms with Crippen LogP contribution < -0.4 is 0 Å². The molecule has 1 saturated heterocycles. The average Bonchev–Trinajstić information content (AvgIpc) is 3.06. The fourth-order valence-corrected chi connectivity index (χ4v) is 3.77. The summed E-state index contributed by atoms with van der Waals surface area (Å²) >= 11 is 5.97. The van der Waals surface area contributed by atoms with E-state index < -0.39 is 10.0 Å². The van der Waals surface area contributed by atoms with Crippen LogP contribution >= 0.6 is 11.6 Å². The quantitative estimate of drug-likeness (QED) is 0.858. The minimum atomic E-state index is -3.14. The molecule has 0 amide bonds. The number of rotatable bonds is 4. The fraction of sp³-hybridized carbons (Fsp3) is 0.400. The van der Waals surface area contributed by atoms with Crippen LogP contribution in [0.15, 0.2) is 34.9 Å². The number of benzene rings is 1. The van der Waals surface area contributed by atoms with Crippen LogP contribution in [0.2, 0.25) is 5.02 Å². The topological polar surface area (TPSA) is 63.4 Å². The number of oxazole rings is 1. The Balaban J connectivity index is 1.70. The monoisotopic (exact) mass is 340 g/mol. The molecule has 0 aliphatic carbocycles. The van der Waals surface area contributed by atoms with Gasteiger partial charge in [-0.25, -0.2) is 17.7 Å². The van der Waals surface area contributed by atoms with Crippen molar-refractivity contribution in [2.75, 3.05) is 19.3 Å². The molecule has 3 rings (SSSR count). The maximum Gasteiger partial charge on any atom is 0.211 e. The van der Waals surface area contributed by atoms with Gasteiger partial charge in [0.1, 0.15) is 5.76 Å². The van der Waals surface area contributed by atoms with Gasteiger partial charge in [-0.2, -0.15) is 0 Å². The zero-order valence-corrected chi connectivity index (χ0v) is 13.8. The molecule has 118 valence electrons. The highest BCUT2D eigenvalue weighted by Gasteiger charge is 2.32. The summed E-state index contributed by atoms with van der Waals surface area (Å²) in [5, 5.41) is 0.692. The van der Waals surface area contributed by atoms with Crippen molar-refractivity contribution in [3.8, 4) is 0 Å². The zero-order chi connectivity index (χ0) is 15.7. The molecule has 0 N–H and O–H groups in total. The second-order valence-electron chi connectivity index (χ2n) is 5.58. The highest BCUT2D eigenvalue weighted by Crippen LogP contribution is 2.28. The second kappa shape index (κ2) is 6.02. The number of halogens is 1. The maximum atomic E-state index is 11.6. The van der Waals surface area contributed by atoms with Gasteiger partial charge in [0.25, 0.3) is 0 Å². The predicted octanol–water partition coefficient (Wildman–Crippen LogP) is 2.67. The van der Waals surface area contributed by atoms with E-state index in [-0.39, 0.29) is 5.92 Å². The molecule has 2 heterocycles. The summed E-state index contributed by atoms with van der Waals surface area (Å²) in [4.78, 5) is 4.31. The lowest BCUT2D eigenvalue weighted by atomic mass is 10.1. The molecule has 0 saturated carbocycles. The largest absolute Gasteiger partial charge is 0.445 e. The Bertz CT molecular complexity index is 773. The van der Waals surface area contributed by atoms with Gasteiger partial charge in [0.15, 0.2) is 5.89 Å². The van der Waals surface area contributed by atoms with Crippen molar-refractivity contribution >= 4 is 21.6 Å². The van der Waals surface area contributed by atoms with E-state index in [1.807, 2.05) is 24.3 Å². The lowest BCUT2D eigenvalue weighted by Crippen LogP contribution is -2.27. The Morgan fingerprint density at radius 3 is 2.95 bits per heavy atom. The Labute approximate surface area is 135 Å². The summed E-state index contributed by atoms with van der Waals surface area (Å²) in [5.74, 6) is 1.40. The summed E-state index contributed by atoms with van der Waals surface area (Å²) < 4.78 is 30.4. The summed E-state index contributed by atoms with van der Waals surface area (Å²) in [6, 6.07) is 7.60. The predicted molar refractivity (Wildman–Crippen MR) is 84.5 cm³/mol. The van der Waals surface area contributed by atoms with E-state index in [1.165, 1.54) is 10.6 Å². The third kappa shape index (κ3) is 3.51. The van der Waals surface area contributed by atoms with Crippen LogP contribution in [-0.2, 0) is 16.4 Å². The van der Waals surface area contributed by atoms with Gasteiger partial charge >= 0.3 is 0 Å². The molecule has 0 spiro atoms. The lowest BCUT2D eigenvalue weighted by Gasteiger charge is -2.11. The van der Waals surface area contributed by atoms with Gasteiger partial charge in [-0.3, -0.25) is 0 Å². The van der Waals surface area contributed by atoms with E-state index in [2.05, 4.69) is 4.98 Å². The third-order valence-corrected chi connectivity index (χ3v) is 5.31. The first kappa shape index (κ1) is 15.5. The number of nitrogens with zero attached hydrogens (tertiary/aromatic N) is 2. The van der Waals surface area contributed by atoms with E-state index >= 15 is 0 Å². The normalized spacial score (nSPS) is 19.6. The van der Waals surface area contributed by atoms with Crippen molar-refractivity contribution in [1.82, 2.24) is 9.29 Å². The first-order chi connectivity index (χ1) is 10.4. The van der Waals surface area contributed by atoms with Crippen LogP contribution in [0.4, 0.5) is 0 Å². The molecule has 0 bridgehead atoms. The first-order valence-corrected chi connectivity index (χ1v) is 9.28. The minimum absolute atomic E-state index is 0.0304. The molecule has 5 nitrogen and oxygen atoms in total. The standard InChI is InChI=1S/C15H17ClN2O3S/c1-22(19,20)18-6-5-12(10-18)15-17-9-14(21-15)8-11-3-2-4-13(16)7-11/h2-4,7,9,12H,5-6,8,10H2,1H3. The van der Waals surface area contributed by atoms with E-state index in [9.17, 15) is 8.42 Å². The molecule has 1 fully saturated rings. The summed E-state index contributed by atoms with van der Waals surface area (Å²) in [7, 11) is -3.14. The van der Waals surface area contributed by atoms with Crippen molar-refractivity contribution in [2.45, 2.75) is 18.8 Å². The Morgan fingerprint density at radius 1 is 1.45 bits per heavy atom. The maximum absolute atomic E-state index is 11.6. The van der Waals surface area contributed by atoms with E-state index in [0.717, 1.165) is 17.7 Å². The molecule has 0 radical (unpaired) electrons. The Morgan fingerprint density at radius 2 is 2.27 bits per heavy atom. The summed E-state index contributed by atoms with van der Waals surface area (Å²) in [5.41, 5.74) is 1.05. The summed E-state index contributed by atoms with van der Waals surface area (Å²) in [6.45, 7) is 0.964. The van der Waals surface area contributed by atoms with Gasteiger partial charge in [0.2, 0.25) is 10.0 Å². The fourth-order valence-electron chi connectivity index (χ4n) is 2.67. The molecule has 1 atom stereocenters. The highest BCUT2D eigenvalue weighted by molar-refractivity contribution is 7.88. The van der Waals surface area contributed by atoms with Crippen LogP contribution in [-0.4, -0.2) is 37.1 Å². The van der Waals surface area contributed by atoms with E-state index in [0.29, 0.717) is 30.4 Å². The van der Waals surface area contributed by atoms with Crippen LogP contribution in [0.3, 0.4) is 0 Å². The summed E-state index contributed by atoms with van der Waals surface area (Å²) in [6.07, 6.45) is 4.30. The molecular weight excluding hydrogens is 324 g/mol. The van der Waals surface area contributed by atoms with Gasteiger partial charge in [0, 0.05) is 24.5 Å². The van der Waals surface area contributed by atoms with Crippen molar-refractivity contribution in [2.24, 2.45) is 0 Å². The second-order valence-corrected chi connectivity index (χ2v) is 8.00. The SMILES string of the molecule is CS(=O)(=O)N1CCC(c2ncc(Cc3cccc(Cl)c3)o2)C1. The van der Waals surface area contributed by atoms with E-state index in [4.69, 9.17) is 16.0 Å². The molecule has 1 aromatic heterocycles. The van der Waals surface area contributed by atoms with Crippen LogP contribution in [0.1, 0.15) is 29.6 Å². The van der Waals surface area contributed by atoms with Crippen molar-refractivity contribution in [1.29, 1.82) is 0 Å². The molecule has 1 unspecified atom stereocenters. The van der Waals surface area contributed by atoms with Gasteiger partial charge in [-0.05, 0) is 24.1 Å². The van der Waals surface area contributed by atoms with Crippen LogP contribution in [0.25, 0.3) is 0 Å². The lowest BCUT2D eigenvalue weighted by molar-refractivity contribution is 0.418.